The highest BCUT2D eigenvalue weighted by Gasteiger charge is 2.35. The number of piperidine rings is 1. The van der Waals surface area contributed by atoms with Crippen LogP contribution in [0.5, 0.6) is 5.88 Å². The molecule has 58 heavy (non-hydrogen) atoms. The van der Waals surface area contributed by atoms with Crippen LogP contribution in [-0.4, -0.2) is 63.1 Å². The molecular weight excluding hydrogens is 768 g/mol. The molecule has 4 heterocycles. The molecule has 6 rings (SSSR count). The van der Waals surface area contributed by atoms with Gasteiger partial charge >= 0.3 is 24.5 Å². The second-order valence-corrected chi connectivity index (χ2v) is 12.8. The Morgan fingerprint density at radius 3 is 2.09 bits per heavy atom. The molecule has 2 aromatic carbocycles. The maximum Gasteiger partial charge on any atom is 0.440 e. The van der Waals surface area contributed by atoms with Gasteiger partial charge in [0.25, 0.3) is 0 Å². The summed E-state index contributed by atoms with van der Waals surface area (Å²) in [5.74, 6) is 5.05. The molecule has 0 unspecified atom stereocenters. The van der Waals surface area contributed by atoms with Crippen molar-refractivity contribution in [2.75, 3.05) is 46.8 Å². The molecule has 5 aromatic rings. The number of urea groups is 1. The zero-order chi connectivity index (χ0) is 41.1. The van der Waals surface area contributed by atoms with Crippen LogP contribution in [0.2, 0.25) is 0 Å². The van der Waals surface area contributed by atoms with Crippen LogP contribution >= 0.6 is 0 Å². The van der Waals surface area contributed by atoms with Crippen LogP contribution in [0.4, 0.5) is 59.1 Å². The number of ether oxygens (including phenoxy) is 1. The van der Waals surface area contributed by atoms with Gasteiger partial charge in [0, 0.05) is 43.0 Å². The van der Waals surface area contributed by atoms with Crippen molar-refractivity contribution in [1.82, 2.24) is 24.8 Å². The fraction of sp³-hybridized carbons (Fsp3) is 0.250. The van der Waals surface area contributed by atoms with Crippen molar-refractivity contribution in [2.24, 2.45) is 0 Å². The fourth-order valence-electron chi connectivity index (χ4n) is 5.84. The number of pyridine rings is 2. The maximum absolute atomic E-state index is 14.1. The van der Waals surface area contributed by atoms with E-state index in [9.17, 15) is 35.9 Å². The van der Waals surface area contributed by atoms with Crippen molar-refractivity contribution in [2.45, 2.75) is 38.0 Å². The first-order valence-corrected chi connectivity index (χ1v) is 18.0. The number of carbonyl (C=O) groups excluding carboxylic acids is 2. The van der Waals surface area contributed by atoms with E-state index in [0.29, 0.717) is 57.9 Å². The molecule has 0 aliphatic carbocycles. The Morgan fingerprint density at radius 1 is 0.724 bits per heavy atom. The van der Waals surface area contributed by atoms with Crippen molar-refractivity contribution in [1.29, 1.82) is 0 Å². The predicted octanol–water partition coefficient (Wildman–Crippen LogP) is 8.65. The molecule has 1 saturated heterocycles. The number of amides is 3. The van der Waals surface area contributed by atoms with Gasteiger partial charge in [-0.1, -0.05) is 42.5 Å². The zero-order valence-electron chi connectivity index (χ0n) is 30.6. The number of hydrogen-bond acceptors (Lipinski definition) is 9. The summed E-state index contributed by atoms with van der Waals surface area (Å²) < 4.78 is 86.4. The zero-order valence-corrected chi connectivity index (χ0v) is 30.6. The van der Waals surface area contributed by atoms with E-state index in [1.54, 1.807) is 12.1 Å². The third-order valence-electron chi connectivity index (χ3n) is 8.62. The lowest BCUT2D eigenvalue weighted by Crippen LogP contribution is -2.53. The second kappa shape index (κ2) is 18.5. The number of hydrogen-bond donors (Lipinski definition) is 2. The van der Waals surface area contributed by atoms with Crippen LogP contribution in [0, 0.1) is 11.8 Å². The molecule has 0 bridgehead atoms. The lowest BCUT2D eigenvalue weighted by Gasteiger charge is -2.33. The summed E-state index contributed by atoms with van der Waals surface area (Å²) in [7, 11) is 0. The Kier molecular flexibility index (Phi) is 13.0. The Bertz CT molecular complexity index is 2240. The number of rotatable bonds is 9. The topological polar surface area (TPSA) is 129 Å². The molecule has 18 heteroatoms. The van der Waals surface area contributed by atoms with Crippen molar-refractivity contribution >= 4 is 35.3 Å². The number of nitrogens with one attached hydrogen (secondary N) is 2. The van der Waals surface area contributed by atoms with Gasteiger partial charge in [0.2, 0.25) is 11.8 Å². The standard InChI is InChI=1S/C40H35F6N9O3/c41-39(42,43)30-15-18-47-34(24-30)52-37(56)54(55(32-10-3-1-4-11-32)38(57)58-35-25-31(16-19-48-35)40(44,45)46)33-12-7-9-28(23-33)13-14-29-26-50-36(51-27-29)49-17-8-22-53-20-5-2-6-21-53/h1,3-4,7,9-12,15-16,18-19,23-27H,2,5-6,8,17,20-22H2,(H,47,52,56)(H,49,50,51). The molecule has 1 fully saturated rings. The third-order valence-corrected chi connectivity index (χ3v) is 8.62. The number of anilines is 4. The van der Waals surface area contributed by atoms with Gasteiger partial charge in [0.1, 0.15) is 5.82 Å². The minimum absolute atomic E-state index is 0.0274. The molecule has 1 aliphatic heterocycles. The maximum atomic E-state index is 14.1. The van der Waals surface area contributed by atoms with Crippen LogP contribution in [-0.2, 0) is 12.4 Å². The van der Waals surface area contributed by atoms with Crippen LogP contribution < -0.4 is 25.4 Å². The predicted molar refractivity (Wildman–Crippen MR) is 203 cm³/mol. The SMILES string of the molecule is O=C(Nc1cc(C(F)(F)F)ccn1)N(c1cccc(C#Cc2cnc(NCCCN3CCCCC3)nc2)c1)N(C(=O)Oc1cc(C(F)(F)F)ccn1)c1ccccc1. The summed E-state index contributed by atoms with van der Waals surface area (Å²) in [6.45, 7) is 3.93. The number of halogens is 6. The van der Waals surface area contributed by atoms with Gasteiger partial charge in [-0.3, -0.25) is 5.32 Å². The summed E-state index contributed by atoms with van der Waals surface area (Å²) in [5, 5.41) is 6.86. The summed E-state index contributed by atoms with van der Waals surface area (Å²) in [4.78, 5) is 46.8. The second-order valence-electron chi connectivity index (χ2n) is 12.8. The Hall–Kier alpha value is -6.74. The van der Waals surface area contributed by atoms with Crippen molar-refractivity contribution < 1.29 is 40.7 Å². The molecular formula is C40H35F6N9O3. The minimum Gasteiger partial charge on any atom is -0.390 e. The van der Waals surface area contributed by atoms with Gasteiger partial charge in [0.15, 0.2) is 0 Å². The van der Waals surface area contributed by atoms with Crippen molar-refractivity contribution in [3.63, 3.8) is 0 Å². The smallest absolute Gasteiger partial charge is 0.390 e. The quantitative estimate of drug-likeness (QED) is 0.0651. The van der Waals surface area contributed by atoms with Crippen LogP contribution in [0.3, 0.4) is 0 Å². The summed E-state index contributed by atoms with van der Waals surface area (Å²) >= 11 is 0. The van der Waals surface area contributed by atoms with E-state index < -0.39 is 47.3 Å². The number of carbonyl (C=O) groups is 2. The summed E-state index contributed by atoms with van der Waals surface area (Å²) in [6.07, 6.45) is -1.62. The van der Waals surface area contributed by atoms with Gasteiger partial charge in [-0.05, 0) is 87.4 Å². The highest BCUT2D eigenvalue weighted by Crippen LogP contribution is 2.33. The molecule has 1 aliphatic rings. The van der Waals surface area contributed by atoms with Crippen molar-refractivity contribution in [3.8, 4) is 17.7 Å². The Morgan fingerprint density at radius 2 is 1.38 bits per heavy atom. The highest BCUT2D eigenvalue weighted by atomic mass is 19.4. The first-order chi connectivity index (χ1) is 27.8. The van der Waals surface area contributed by atoms with Crippen LogP contribution in [0.25, 0.3) is 0 Å². The number of para-hydroxylation sites is 1. The van der Waals surface area contributed by atoms with Gasteiger partial charge in [-0.15, -0.1) is 0 Å². The Labute approximate surface area is 328 Å². The highest BCUT2D eigenvalue weighted by molar-refractivity contribution is 6.09. The molecule has 3 amide bonds. The van der Waals surface area contributed by atoms with E-state index in [-0.39, 0.29) is 11.4 Å². The largest absolute Gasteiger partial charge is 0.440 e. The molecule has 0 saturated carbocycles. The van der Waals surface area contributed by atoms with Gasteiger partial charge in [-0.2, -0.15) is 36.4 Å². The average molecular weight is 804 g/mol. The molecule has 3 aromatic heterocycles. The van der Waals surface area contributed by atoms with Gasteiger partial charge in [-0.25, -0.2) is 29.5 Å². The van der Waals surface area contributed by atoms with Crippen LogP contribution in [0.1, 0.15) is 47.9 Å². The van der Waals surface area contributed by atoms with Crippen molar-refractivity contribution in [3.05, 3.63) is 126 Å². The molecule has 300 valence electrons. The Balaban J connectivity index is 1.29. The van der Waals surface area contributed by atoms with Crippen LogP contribution in [0.15, 0.2) is 104 Å². The lowest BCUT2D eigenvalue weighted by molar-refractivity contribution is -0.138. The van der Waals surface area contributed by atoms with E-state index in [1.165, 1.54) is 74.1 Å². The molecule has 0 radical (unpaired) electrons. The number of alkyl halides is 6. The first-order valence-electron chi connectivity index (χ1n) is 18.0. The number of hydrazine groups is 1. The molecule has 2 N–H and O–H groups in total. The summed E-state index contributed by atoms with van der Waals surface area (Å²) in [6, 6.07) is 14.5. The number of benzene rings is 2. The first kappa shape index (κ1) is 40.9. The third kappa shape index (κ3) is 11.2. The van der Waals surface area contributed by atoms with E-state index in [0.717, 1.165) is 38.4 Å². The van der Waals surface area contributed by atoms with E-state index in [1.807, 2.05) is 0 Å². The fourth-order valence-corrected chi connectivity index (χ4v) is 5.84. The average Bonchev–Trinajstić information content (AvgIpc) is 3.21. The molecule has 12 nitrogen and oxygen atoms in total. The number of likely N-dealkylation sites (tertiary alicyclic amines) is 1. The normalized spacial score (nSPS) is 13.1. The minimum atomic E-state index is -4.80. The van der Waals surface area contributed by atoms with E-state index in [2.05, 4.69) is 47.3 Å². The lowest BCUT2D eigenvalue weighted by atomic mass is 10.1. The monoisotopic (exact) mass is 803 g/mol. The van der Waals surface area contributed by atoms with Gasteiger partial charge in [0.05, 0.1) is 28.1 Å². The summed E-state index contributed by atoms with van der Waals surface area (Å²) in [5.41, 5.74) is -1.59. The molecule has 0 spiro atoms. The number of aromatic nitrogens is 4. The van der Waals surface area contributed by atoms with Gasteiger partial charge < -0.3 is 15.0 Å². The van der Waals surface area contributed by atoms with E-state index >= 15 is 0 Å². The van der Waals surface area contributed by atoms with E-state index in [4.69, 9.17) is 4.74 Å². The molecule has 0 atom stereocenters. The number of nitrogens with zero attached hydrogens (tertiary/aromatic N) is 7.